The first-order valence-electron chi connectivity index (χ1n) is 15.5. The Morgan fingerprint density at radius 1 is 0.455 bits per heavy atom. The molecule has 0 aromatic heterocycles. The second-order valence-electron chi connectivity index (χ2n) is 13.1. The van der Waals surface area contributed by atoms with Crippen molar-refractivity contribution in [1.82, 2.24) is 0 Å². The third-order valence-corrected chi connectivity index (χ3v) is 10.7. The fourth-order valence-corrected chi connectivity index (χ4v) is 8.90. The molecule has 220 valence electrons. The highest BCUT2D eigenvalue weighted by Crippen LogP contribution is 2.58. The number of hydrogen-bond donors (Lipinski definition) is 2. The van der Waals surface area contributed by atoms with Crippen LogP contribution in [0.4, 0.5) is 22.7 Å². The molecule has 0 amide bonds. The molecule has 6 aromatic carbocycles. The topological polar surface area (TPSA) is 53.4 Å². The van der Waals surface area contributed by atoms with Crippen molar-refractivity contribution in [3.8, 4) is 0 Å². The summed E-state index contributed by atoms with van der Waals surface area (Å²) in [6.07, 6.45) is -1.49. The molecule has 6 heteroatoms. The zero-order valence-electron chi connectivity index (χ0n) is 25.5. The molecular formula is C38H36N4O2. The molecular weight excluding hydrogens is 544 g/mol. The second-order valence-corrected chi connectivity index (χ2v) is 13.1. The van der Waals surface area contributed by atoms with Gasteiger partial charge in [-0.1, -0.05) is 72.8 Å². The van der Waals surface area contributed by atoms with Crippen LogP contribution >= 0.6 is 0 Å². The van der Waals surface area contributed by atoms with Gasteiger partial charge in [0.2, 0.25) is 0 Å². The first-order chi connectivity index (χ1) is 21.4. The van der Waals surface area contributed by atoms with Crippen molar-refractivity contribution in [2.45, 2.75) is 24.0 Å². The largest absolute Gasteiger partial charge is 0.392 e. The number of rotatable bonds is 2. The Kier molecular flexibility index (Phi) is 5.31. The van der Waals surface area contributed by atoms with Crippen molar-refractivity contribution >= 4 is 65.8 Å². The molecule has 0 atom stereocenters. The van der Waals surface area contributed by atoms with E-state index >= 15 is 0 Å². The van der Waals surface area contributed by atoms with Gasteiger partial charge in [-0.2, -0.15) is 0 Å². The van der Waals surface area contributed by atoms with E-state index in [0.717, 1.165) is 46.0 Å². The van der Waals surface area contributed by atoms with Crippen LogP contribution in [-0.4, -0.2) is 63.9 Å². The number of benzene rings is 6. The average Bonchev–Trinajstić information content (AvgIpc) is 3.03. The van der Waals surface area contributed by atoms with Gasteiger partial charge in [0.05, 0.1) is 36.9 Å². The van der Waals surface area contributed by atoms with Crippen LogP contribution < -0.4 is 19.6 Å². The van der Waals surface area contributed by atoms with Crippen molar-refractivity contribution in [2.75, 3.05) is 61.1 Å². The van der Waals surface area contributed by atoms with E-state index in [0.29, 0.717) is 0 Å². The molecule has 3 aliphatic rings. The van der Waals surface area contributed by atoms with E-state index in [-0.39, 0.29) is 0 Å². The van der Waals surface area contributed by atoms with Crippen molar-refractivity contribution in [1.29, 1.82) is 0 Å². The number of aliphatic hydroxyl groups is 2. The van der Waals surface area contributed by atoms with E-state index < -0.39 is 24.0 Å². The van der Waals surface area contributed by atoms with Crippen LogP contribution in [0.2, 0.25) is 0 Å². The predicted molar refractivity (Wildman–Crippen MR) is 184 cm³/mol. The summed E-state index contributed by atoms with van der Waals surface area (Å²) < 4.78 is 0. The fraction of sp³-hybridized carbons (Fsp3) is 0.263. The van der Waals surface area contributed by atoms with Gasteiger partial charge < -0.3 is 29.8 Å². The van der Waals surface area contributed by atoms with Crippen molar-refractivity contribution in [3.63, 3.8) is 0 Å². The number of hydrogen-bond acceptors (Lipinski definition) is 6. The fourth-order valence-electron chi connectivity index (χ4n) is 8.90. The molecule has 1 saturated carbocycles. The number of anilines is 4. The van der Waals surface area contributed by atoms with E-state index in [1.54, 1.807) is 0 Å². The number of aliphatic hydroxyl groups excluding tert-OH is 2. The first-order valence-corrected chi connectivity index (χ1v) is 15.5. The van der Waals surface area contributed by atoms with Gasteiger partial charge in [0.1, 0.15) is 0 Å². The summed E-state index contributed by atoms with van der Waals surface area (Å²) in [6, 6.07) is 30.0. The molecule has 6 nitrogen and oxygen atoms in total. The molecule has 0 radical (unpaired) electrons. The zero-order valence-corrected chi connectivity index (χ0v) is 25.5. The molecule has 44 heavy (non-hydrogen) atoms. The monoisotopic (exact) mass is 580 g/mol. The van der Waals surface area contributed by atoms with E-state index in [4.69, 9.17) is 0 Å². The Morgan fingerprint density at radius 3 is 1.23 bits per heavy atom. The van der Waals surface area contributed by atoms with Gasteiger partial charge in [-0.3, -0.25) is 0 Å². The van der Waals surface area contributed by atoms with Crippen LogP contribution in [0, 0.1) is 0 Å². The Balaban J connectivity index is 1.29. The van der Waals surface area contributed by atoms with Crippen LogP contribution in [0.15, 0.2) is 84.9 Å². The highest BCUT2D eigenvalue weighted by Gasteiger charge is 2.53. The summed E-state index contributed by atoms with van der Waals surface area (Å²) in [5.74, 6) is -0.830. The summed E-state index contributed by atoms with van der Waals surface area (Å²) in [4.78, 5) is 9.18. The van der Waals surface area contributed by atoms with Gasteiger partial charge in [0.25, 0.3) is 0 Å². The first kappa shape index (κ1) is 25.9. The van der Waals surface area contributed by atoms with Crippen molar-refractivity contribution < 1.29 is 10.2 Å². The van der Waals surface area contributed by atoms with E-state index in [9.17, 15) is 10.2 Å². The molecule has 0 unspecified atom stereocenters. The van der Waals surface area contributed by atoms with Gasteiger partial charge in [0, 0.05) is 72.9 Å². The van der Waals surface area contributed by atoms with E-state index in [1.165, 1.54) is 44.3 Å². The normalized spacial score (nSPS) is 22.9. The highest BCUT2D eigenvalue weighted by molar-refractivity contribution is 6.21. The van der Waals surface area contributed by atoms with E-state index in [1.807, 2.05) is 0 Å². The third kappa shape index (κ3) is 3.17. The highest BCUT2D eigenvalue weighted by atomic mass is 16.3. The molecule has 6 aromatic rings. The second kappa shape index (κ2) is 9.00. The van der Waals surface area contributed by atoms with Gasteiger partial charge >= 0.3 is 0 Å². The third-order valence-electron chi connectivity index (χ3n) is 10.7. The lowest BCUT2D eigenvalue weighted by Gasteiger charge is -2.49. The molecule has 2 heterocycles. The van der Waals surface area contributed by atoms with Crippen LogP contribution in [0.25, 0.3) is 43.1 Å². The summed E-state index contributed by atoms with van der Waals surface area (Å²) >= 11 is 0. The minimum Gasteiger partial charge on any atom is -0.392 e. The lowest BCUT2D eigenvalue weighted by atomic mass is 9.60. The van der Waals surface area contributed by atoms with Crippen molar-refractivity contribution in [3.05, 3.63) is 96.1 Å². The van der Waals surface area contributed by atoms with Crippen LogP contribution in [0.5, 0.6) is 0 Å². The maximum atomic E-state index is 12.3. The molecule has 0 bridgehead atoms. The Labute approximate surface area is 256 Å². The number of fused-ring (bicyclic) bond motifs is 4. The molecule has 2 aliphatic heterocycles. The maximum absolute atomic E-state index is 12.3. The predicted octanol–water partition coefficient (Wildman–Crippen LogP) is 6.59. The molecule has 0 spiro atoms. The molecule has 9 rings (SSSR count). The summed E-state index contributed by atoms with van der Waals surface area (Å²) in [7, 11) is 8.55. The molecule has 2 N–H and O–H groups in total. The summed E-state index contributed by atoms with van der Waals surface area (Å²) in [6.45, 7) is 1.60. The SMILES string of the molecule is CN1CN(C)c2c3ccccc3c(C3C(O)C(c4c5ccccc5c5c6c(cccc46)N(C)CN5C)C3O)c3cccc1c23. The summed E-state index contributed by atoms with van der Waals surface area (Å²) in [5.41, 5.74) is 6.90. The van der Waals surface area contributed by atoms with Crippen molar-refractivity contribution in [2.24, 2.45) is 0 Å². The standard InChI is InChI=1S/C38H36N4O2/c1-39-19-41(3)35-23-13-7-5-11-21(23)29(25-15-9-17-27(39)31(25)35)33-37(43)34(38(33)44)30-22-12-6-8-14-24(22)36-32-26(30)16-10-18-28(32)40(2)20-42(36)4/h5-18,33-34,37-38,43-44H,19-20H2,1-4H3. The maximum Gasteiger partial charge on any atom is 0.0897 e. The van der Waals surface area contributed by atoms with Gasteiger partial charge in [0.15, 0.2) is 0 Å². The zero-order chi connectivity index (χ0) is 30.0. The molecule has 1 aliphatic carbocycles. The van der Waals surface area contributed by atoms with E-state index in [2.05, 4.69) is 133 Å². The quantitative estimate of drug-likeness (QED) is 0.226. The summed E-state index contributed by atoms with van der Waals surface area (Å²) in [5, 5.41) is 33.8. The smallest absolute Gasteiger partial charge is 0.0897 e. The van der Waals surface area contributed by atoms with Gasteiger partial charge in [-0.25, -0.2) is 0 Å². The van der Waals surface area contributed by atoms with Gasteiger partial charge in [-0.05, 0) is 44.8 Å². The average molecular weight is 581 g/mol. The number of nitrogens with zero attached hydrogens (tertiary/aromatic N) is 4. The van der Waals surface area contributed by atoms with Crippen LogP contribution in [-0.2, 0) is 0 Å². The Bertz CT molecular complexity index is 2010. The minimum absolute atomic E-state index is 0.415. The Hall–Kier alpha value is -4.52. The minimum atomic E-state index is -0.746. The lowest BCUT2D eigenvalue weighted by Crippen LogP contribution is -2.52. The molecule has 0 saturated heterocycles. The van der Waals surface area contributed by atoms with Gasteiger partial charge in [-0.15, -0.1) is 0 Å². The lowest BCUT2D eigenvalue weighted by molar-refractivity contribution is -0.0765. The molecule has 1 fully saturated rings. The Morgan fingerprint density at radius 2 is 0.818 bits per heavy atom. The van der Waals surface area contributed by atoms with Crippen LogP contribution in [0.1, 0.15) is 23.0 Å². The van der Waals surface area contributed by atoms with Crippen LogP contribution in [0.3, 0.4) is 0 Å².